The smallest absolute Gasteiger partial charge is 0.317 e. The predicted octanol–water partition coefficient (Wildman–Crippen LogP) is 0.833. The summed E-state index contributed by atoms with van der Waals surface area (Å²) in [6.07, 6.45) is 0.488. The van der Waals surface area contributed by atoms with E-state index in [2.05, 4.69) is 17.1 Å². The van der Waals surface area contributed by atoms with E-state index in [1.165, 1.54) is 0 Å². The third-order valence-electron chi connectivity index (χ3n) is 4.17. The molecule has 1 rings (SSSR count). The van der Waals surface area contributed by atoms with Crippen molar-refractivity contribution in [2.24, 2.45) is 5.41 Å². The highest BCUT2D eigenvalue weighted by Gasteiger charge is 2.32. The van der Waals surface area contributed by atoms with Crippen LogP contribution in [0.5, 0.6) is 0 Å². The Bertz CT molecular complexity index is 348. The quantitative estimate of drug-likeness (QED) is 0.794. The van der Waals surface area contributed by atoms with E-state index >= 15 is 0 Å². The molecule has 2 amide bonds. The second-order valence-corrected chi connectivity index (χ2v) is 5.65. The molecule has 0 aromatic heterocycles. The van der Waals surface area contributed by atoms with Crippen molar-refractivity contribution in [2.75, 3.05) is 33.2 Å². The van der Waals surface area contributed by atoms with Gasteiger partial charge in [0.25, 0.3) is 0 Å². The van der Waals surface area contributed by atoms with Crippen LogP contribution < -0.4 is 5.32 Å². The van der Waals surface area contributed by atoms with Crippen molar-refractivity contribution < 1.29 is 14.7 Å². The molecule has 0 aromatic rings. The largest absolute Gasteiger partial charge is 0.481 e. The number of aliphatic carboxylic acids is 1. The molecule has 2 N–H and O–H groups in total. The molecule has 6 nitrogen and oxygen atoms in total. The average Bonchev–Trinajstić information content (AvgIpc) is 2.38. The summed E-state index contributed by atoms with van der Waals surface area (Å²) in [5.74, 6) is -0.873. The molecule has 0 aromatic carbocycles. The van der Waals surface area contributed by atoms with Gasteiger partial charge in [0, 0.05) is 32.2 Å². The first-order chi connectivity index (χ1) is 8.80. The zero-order valence-corrected chi connectivity index (χ0v) is 12.3. The molecule has 0 radical (unpaired) electrons. The summed E-state index contributed by atoms with van der Waals surface area (Å²) in [5.41, 5.74) is -0.895. The molecule has 1 aliphatic heterocycles. The maximum absolute atomic E-state index is 12.0. The van der Waals surface area contributed by atoms with Crippen LogP contribution >= 0.6 is 0 Å². The van der Waals surface area contributed by atoms with Gasteiger partial charge >= 0.3 is 12.0 Å². The first-order valence-corrected chi connectivity index (χ1v) is 6.76. The highest BCUT2D eigenvalue weighted by molar-refractivity contribution is 5.78. The highest BCUT2D eigenvalue weighted by Crippen LogP contribution is 2.20. The summed E-state index contributed by atoms with van der Waals surface area (Å²) >= 11 is 0. The molecule has 1 aliphatic rings. The van der Waals surface area contributed by atoms with Crippen LogP contribution in [0.25, 0.3) is 0 Å². The minimum Gasteiger partial charge on any atom is -0.481 e. The summed E-state index contributed by atoms with van der Waals surface area (Å²) in [7, 11) is 2.04. The summed E-state index contributed by atoms with van der Waals surface area (Å²) in [6.45, 7) is 7.92. The molecule has 1 fully saturated rings. The Balaban J connectivity index is 2.50. The number of piperazine rings is 1. The van der Waals surface area contributed by atoms with E-state index < -0.39 is 11.4 Å². The molecule has 1 saturated heterocycles. The number of nitrogens with one attached hydrogen (secondary N) is 1. The van der Waals surface area contributed by atoms with Crippen molar-refractivity contribution in [1.82, 2.24) is 15.1 Å². The van der Waals surface area contributed by atoms with Crippen molar-refractivity contribution in [3.8, 4) is 0 Å². The SMILES string of the molecule is CCC(C)(CNC(=O)N1CCN(C)C(C)C1)C(=O)O. The van der Waals surface area contributed by atoms with Gasteiger partial charge in [-0.1, -0.05) is 6.92 Å². The Morgan fingerprint density at radius 1 is 1.42 bits per heavy atom. The van der Waals surface area contributed by atoms with Gasteiger partial charge in [-0.3, -0.25) is 4.79 Å². The van der Waals surface area contributed by atoms with Crippen LogP contribution in [0.3, 0.4) is 0 Å². The maximum atomic E-state index is 12.0. The lowest BCUT2D eigenvalue weighted by atomic mass is 9.88. The van der Waals surface area contributed by atoms with E-state index in [0.29, 0.717) is 25.6 Å². The second-order valence-electron chi connectivity index (χ2n) is 5.65. The van der Waals surface area contributed by atoms with Gasteiger partial charge in [0.15, 0.2) is 0 Å². The molecule has 19 heavy (non-hydrogen) atoms. The van der Waals surface area contributed by atoms with E-state index in [1.807, 2.05) is 14.0 Å². The van der Waals surface area contributed by atoms with Crippen molar-refractivity contribution in [3.05, 3.63) is 0 Å². The number of carbonyl (C=O) groups excluding carboxylic acids is 1. The monoisotopic (exact) mass is 271 g/mol. The molecule has 0 aliphatic carbocycles. The Hall–Kier alpha value is -1.30. The molecule has 0 saturated carbocycles. The number of carbonyl (C=O) groups is 2. The van der Waals surface area contributed by atoms with Crippen LogP contribution in [0.2, 0.25) is 0 Å². The van der Waals surface area contributed by atoms with Gasteiger partial charge in [0.05, 0.1) is 5.41 Å². The van der Waals surface area contributed by atoms with Gasteiger partial charge in [0.1, 0.15) is 0 Å². The van der Waals surface area contributed by atoms with E-state index in [0.717, 1.165) is 6.54 Å². The average molecular weight is 271 g/mol. The summed E-state index contributed by atoms with van der Waals surface area (Å²) < 4.78 is 0. The lowest BCUT2D eigenvalue weighted by molar-refractivity contribution is -0.147. The fourth-order valence-electron chi connectivity index (χ4n) is 1.97. The minimum absolute atomic E-state index is 0.165. The third-order valence-corrected chi connectivity index (χ3v) is 4.17. The van der Waals surface area contributed by atoms with E-state index in [-0.39, 0.29) is 12.6 Å². The molecule has 0 bridgehead atoms. The Kier molecular flexibility index (Phi) is 5.17. The van der Waals surface area contributed by atoms with E-state index in [1.54, 1.807) is 11.8 Å². The van der Waals surface area contributed by atoms with Crippen molar-refractivity contribution >= 4 is 12.0 Å². The first-order valence-electron chi connectivity index (χ1n) is 6.76. The number of carboxylic acids is 1. The Morgan fingerprint density at radius 2 is 2.05 bits per heavy atom. The Labute approximate surface area is 114 Å². The highest BCUT2D eigenvalue weighted by atomic mass is 16.4. The van der Waals surface area contributed by atoms with Crippen LogP contribution in [-0.2, 0) is 4.79 Å². The van der Waals surface area contributed by atoms with Crippen LogP contribution in [0.1, 0.15) is 27.2 Å². The molecule has 2 unspecified atom stereocenters. The number of hydrogen-bond acceptors (Lipinski definition) is 3. The van der Waals surface area contributed by atoms with Crippen LogP contribution in [-0.4, -0.2) is 66.2 Å². The lowest BCUT2D eigenvalue weighted by Crippen LogP contribution is -2.55. The number of nitrogens with zero attached hydrogens (tertiary/aromatic N) is 2. The van der Waals surface area contributed by atoms with Gasteiger partial charge in [-0.25, -0.2) is 4.79 Å². The van der Waals surface area contributed by atoms with Crippen LogP contribution in [0.15, 0.2) is 0 Å². The number of hydrogen-bond donors (Lipinski definition) is 2. The predicted molar refractivity (Wildman–Crippen MR) is 73.1 cm³/mol. The van der Waals surface area contributed by atoms with Gasteiger partial charge < -0.3 is 20.2 Å². The number of rotatable bonds is 4. The van der Waals surface area contributed by atoms with Gasteiger partial charge in [-0.2, -0.15) is 0 Å². The molecule has 0 spiro atoms. The van der Waals surface area contributed by atoms with Gasteiger partial charge in [-0.15, -0.1) is 0 Å². The maximum Gasteiger partial charge on any atom is 0.317 e. The molecular formula is C13H25N3O3. The number of urea groups is 1. The fraction of sp³-hybridized carbons (Fsp3) is 0.846. The van der Waals surface area contributed by atoms with Gasteiger partial charge in [-0.05, 0) is 27.3 Å². The van der Waals surface area contributed by atoms with Gasteiger partial charge in [0.2, 0.25) is 0 Å². The standard InChI is InChI=1S/C13H25N3O3/c1-5-13(3,11(17)18)9-14-12(19)16-7-6-15(4)10(2)8-16/h10H,5-9H2,1-4H3,(H,14,19)(H,17,18). The van der Waals surface area contributed by atoms with Crippen molar-refractivity contribution in [2.45, 2.75) is 33.2 Å². The molecule has 2 atom stereocenters. The van der Waals surface area contributed by atoms with E-state index in [4.69, 9.17) is 5.11 Å². The topological polar surface area (TPSA) is 72.9 Å². The zero-order chi connectivity index (χ0) is 14.6. The second kappa shape index (κ2) is 6.23. The number of likely N-dealkylation sites (N-methyl/N-ethyl adjacent to an activating group) is 1. The molecular weight excluding hydrogens is 246 g/mol. The minimum atomic E-state index is -0.895. The van der Waals surface area contributed by atoms with Crippen LogP contribution in [0.4, 0.5) is 4.79 Å². The summed E-state index contributed by atoms with van der Waals surface area (Å²) in [4.78, 5) is 27.2. The summed E-state index contributed by atoms with van der Waals surface area (Å²) in [5, 5.41) is 11.9. The molecule has 6 heteroatoms. The Morgan fingerprint density at radius 3 is 2.53 bits per heavy atom. The normalized spacial score (nSPS) is 23.8. The molecule has 1 heterocycles. The van der Waals surface area contributed by atoms with Crippen LogP contribution in [0, 0.1) is 5.41 Å². The fourth-order valence-corrected chi connectivity index (χ4v) is 1.97. The van der Waals surface area contributed by atoms with Crippen molar-refractivity contribution in [1.29, 1.82) is 0 Å². The van der Waals surface area contributed by atoms with Crippen molar-refractivity contribution in [3.63, 3.8) is 0 Å². The first kappa shape index (κ1) is 15.8. The molecule has 110 valence electrons. The number of carboxylic acid groups (broad SMARTS) is 1. The number of amides is 2. The van der Waals surface area contributed by atoms with E-state index in [9.17, 15) is 9.59 Å². The lowest BCUT2D eigenvalue weighted by Gasteiger charge is -2.38. The zero-order valence-electron chi connectivity index (χ0n) is 12.3. The third kappa shape index (κ3) is 3.83. The summed E-state index contributed by atoms with van der Waals surface area (Å²) in [6, 6.07) is 0.164.